The average molecular weight is 139 g/mol. The Kier molecular flexibility index (Phi) is 1.54. The number of imide groups is 1. The maximum absolute atomic E-state index is 10.6. The summed E-state index contributed by atoms with van der Waals surface area (Å²) >= 11 is 0. The normalized spacial score (nSPS) is 24.5. The molecule has 0 saturated carbocycles. The molecule has 0 spiro atoms. The number of rotatable bonds is 0. The predicted octanol–water partition coefficient (Wildman–Crippen LogP) is -1.03. The fourth-order valence-electron chi connectivity index (χ4n) is 0.635. The van der Waals surface area contributed by atoms with E-state index >= 15 is 0 Å². The third-order valence-corrected chi connectivity index (χ3v) is 1.18. The van der Waals surface area contributed by atoms with Gasteiger partial charge in [0.15, 0.2) is 0 Å². The van der Waals surface area contributed by atoms with Gasteiger partial charge in [0.1, 0.15) is 5.92 Å². The predicted molar refractivity (Wildman–Crippen MR) is 30.6 cm³/mol. The Balaban J connectivity index is 2.62. The molecule has 1 fully saturated rings. The molecule has 52 valence electrons. The topological polar surface area (TPSA) is 82.0 Å². The van der Waals surface area contributed by atoms with Crippen LogP contribution in [0.25, 0.3) is 0 Å². The van der Waals surface area contributed by atoms with Crippen LogP contribution in [0.3, 0.4) is 0 Å². The first kappa shape index (κ1) is 6.55. The molecule has 0 aliphatic carbocycles. The summed E-state index contributed by atoms with van der Waals surface area (Å²) in [6, 6.07) is 1.22. The second-order valence-corrected chi connectivity index (χ2v) is 1.88. The Labute approximate surface area is 57.0 Å². The number of carbonyl (C=O) groups is 2. The molecule has 1 saturated heterocycles. The molecule has 1 heterocycles. The monoisotopic (exact) mass is 139 g/mol. The van der Waals surface area contributed by atoms with Crippen molar-refractivity contribution in [3.63, 3.8) is 0 Å². The summed E-state index contributed by atoms with van der Waals surface area (Å²) in [4.78, 5) is 21.0. The van der Waals surface area contributed by atoms with Crippen LogP contribution in [0.4, 0.5) is 4.79 Å². The van der Waals surface area contributed by atoms with Gasteiger partial charge >= 0.3 is 6.03 Å². The van der Waals surface area contributed by atoms with Crippen LogP contribution in [0.15, 0.2) is 0 Å². The highest BCUT2D eigenvalue weighted by Gasteiger charge is 2.25. The van der Waals surface area contributed by atoms with E-state index in [9.17, 15) is 9.59 Å². The summed E-state index contributed by atoms with van der Waals surface area (Å²) < 4.78 is 0. The van der Waals surface area contributed by atoms with Crippen molar-refractivity contribution in [1.29, 1.82) is 5.26 Å². The molecule has 0 bridgehead atoms. The quantitative estimate of drug-likeness (QED) is 0.450. The standard InChI is InChI=1S/C5H5N3O2/c6-1-3-2-7-5(10)8-4(3)9/h3H,2H2,(H2,7,8,9,10)/t3-/m0/s1. The van der Waals surface area contributed by atoms with Crippen molar-refractivity contribution in [3.05, 3.63) is 0 Å². The molecule has 1 aliphatic heterocycles. The molecule has 0 unspecified atom stereocenters. The summed E-state index contributed by atoms with van der Waals surface area (Å²) in [5.74, 6) is -1.26. The zero-order valence-electron chi connectivity index (χ0n) is 5.05. The maximum atomic E-state index is 10.6. The molecule has 5 nitrogen and oxygen atoms in total. The van der Waals surface area contributed by atoms with Crippen molar-refractivity contribution in [1.82, 2.24) is 10.6 Å². The first-order chi connectivity index (χ1) is 4.74. The number of nitrogens with one attached hydrogen (secondary N) is 2. The fraction of sp³-hybridized carbons (Fsp3) is 0.400. The molecule has 10 heavy (non-hydrogen) atoms. The lowest BCUT2D eigenvalue weighted by molar-refractivity contribution is -0.122. The number of nitriles is 1. The largest absolute Gasteiger partial charge is 0.336 e. The zero-order valence-corrected chi connectivity index (χ0v) is 5.05. The summed E-state index contributed by atoms with van der Waals surface area (Å²) in [6.45, 7) is 0.112. The summed E-state index contributed by atoms with van der Waals surface area (Å²) in [7, 11) is 0. The highest BCUT2D eigenvalue weighted by atomic mass is 16.2. The molecule has 0 aromatic carbocycles. The average Bonchev–Trinajstić information content (AvgIpc) is 1.88. The molecule has 1 atom stereocenters. The molecular weight excluding hydrogens is 134 g/mol. The van der Waals surface area contributed by atoms with Gasteiger partial charge in [-0.15, -0.1) is 0 Å². The SMILES string of the molecule is N#C[C@H]1CNC(=O)NC1=O. The van der Waals surface area contributed by atoms with Crippen molar-refractivity contribution in [2.45, 2.75) is 0 Å². The smallest absolute Gasteiger partial charge is 0.321 e. The Hall–Kier alpha value is -1.57. The van der Waals surface area contributed by atoms with E-state index in [-0.39, 0.29) is 6.54 Å². The van der Waals surface area contributed by atoms with E-state index in [1.54, 1.807) is 6.07 Å². The van der Waals surface area contributed by atoms with Crippen LogP contribution in [0.1, 0.15) is 0 Å². The molecule has 1 aliphatic rings. The third-order valence-electron chi connectivity index (χ3n) is 1.18. The highest BCUT2D eigenvalue weighted by Crippen LogP contribution is 1.95. The lowest BCUT2D eigenvalue weighted by Crippen LogP contribution is -2.51. The molecular formula is C5H5N3O2. The molecule has 3 amide bonds. The highest BCUT2D eigenvalue weighted by molar-refractivity contribution is 5.99. The van der Waals surface area contributed by atoms with Gasteiger partial charge in [-0.2, -0.15) is 5.26 Å². The Bertz CT molecular complexity index is 217. The van der Waals surface area contributed by atoms with Crippen LogP contribution < -0.4 is 10.6 Å². The Morgan fingerprint density at radius 3 is 2.80 bits per heavy atom. The fourth-order valence-corrected chi connectivity index (χ4v) is 0.635. The van der Waals surface area contributed by atoms with Crippen LogP contribution in [0.5, 0.6) is 0 Å². The first-order valence-corrected chi connectivity index (χ1v) is 2.72. The number of amides is 3. The third kappa shape index (κ3) is 1.05. The van der Waals surface area contributed by atoms with Gasteiger partial charge in [-0.1, -0.05) is 0 Å². The van der Waals surface area contributed by atoms with Gasteiger partial charge in [0.05, 0.1) is 6.07 Å². The minimum absolute atomic E-state index is 0.112. The van der Waals surface area contributed by atoms with Crippen LogP contribution in [-0.4, -0.2) is 18.5 Å². The van der Waals surface area contributed by atoms with Gasteiger partial charge in [0.25, 0.3) is 0 Å². The van der Waals surface area contributed by atoms with Gasteiger partial charge < -0.3 is 5.32 Å². The summed E-state index contributed by atoms with van der Waals surface area (Å²) in [6.07, 6.45) is 0. The molecule has 5 heteroatoms. The zero-order chi connectivity index (χ0) is 7.56. The molecule has 0 aromatic heterocycles. The molecule has 0 radical (unpaired) electrons. The molecule has 2 N–H and O–H groups in total. The van der Waals surface area contributed by atoms with Gasteiger partial charge in [0, 0.05) is 6.54 Å². The summed E-state index contributed by atoms with van der Waals surface area (Å²) in [5, 5.41) is 12.6. The first-order valence-electron chi connectivity index (χ1n) is 2.72. The Morgan fingerprint density at radius 2 is 2.30 bits per heavy atom. The Morgan fingerprint density at radius 1 is 1.60 bits per heavy atom. The number of carbonyl (C=O) groups excluding carboxylic acids is 2. The van der Waals surface area contributed by atoms with E-state index in [4.69, 9.17) is 5.26 Å². The number of hydrogen-bond acceptors (Lipinski definition) is 3. The minimum atomic E-state index is -0.738. The van der Waals surface area contributed by atoms with Gasteiger partial charge in [-0.3, -0.25) is 10.1 Å². The van der Waals surface area contributed by atoms with E-state index in [2.05, 4.69) is 5.32 Å². The van der Waals surface area contributed by atoms with E-state index in [1.807, 2.05) is 5.32 Å². The van der Waals surface area contributed by atoms with Crippen molar-refractivity contribution >= 4 is 11.9 Å². The second-order valence-electron chi connectivity index (χ2n) is 1.88. The molecule has 0 aromatic rings. The van der Waals surface area contributed by atoms with E-state index in [1.165, 1.54) is 0 Å². The van der Waals surface area contributed by atoms with Crippen molar-refractivity contribution in [2.24, 2.45) is 5.92 Å². The molecule has 1 rings (SSSR count). The second kappa shape index (κ2) is 2.35. The number of nitrogens with zero attached hydrogens (tertiary/aromatic N) is 1. The minimum Gasteiger partial charge on any atom is -0.336 e. The van der Waals surface area contributed by atoms with Crippen LogP contribution in [0, 0.1) is 17.2 Å². The van der Waals surface area contributed by atoms with Gasteiger partial charge in [0.2, 0.25) is 5.91 Å². The van der Waals surface area contributed by atoms with Crippen LogP contribution in [-0.2, 0) is 4.79 Å². The van der Waals surface area contributed by atoms with Crippen molar-refractivity contribution in [2.75, 3.05) is 6.54 Å². The van der Waals surface area contributed by atoms with Gasteiger partial charge in [-0.05, 0) is 0 Å². The van der Waals surface area contributed by atoms with E-state index < -0.39 is 17.9 Å². The van der Waals surface area contributed by atoms with E-state index in [0.717, 1.165) is 0 Å². The lowest BCUT2D eigenvalue weighted by atomic mass is 10.1. The van der Waals surface area contributed by atoms with Crippen LogP contribution in [0.2, 0.25) is 0 Å². The number of urea groups is 1. The van der Waals surface area contributed by atoms with Crippen molar-refractivity contribution < 1.29 is 9.59 Å². The van der Waals surface area contributed by atoms with Gasteiger partial charge in [-0.25, -0.2) is 4.79 Å². The maximum Gasteiger partial charge on any atom is 0.321 e. The lowest BCUT2D eigenvalue weighted by Gasteiger charge is -2.15. The van der Waals surface area contributed by atoms with Crippen LogP contribution >= 0.6 is 0 Å². The summed E-state index contributed by atoms with van der Waals surface area (Å²) in [5.41, 5.74) is 0. The van der Waals surface area contributed by atoms with E-state index in [0.29, 0.717) is 0 Å². The number of hydrogen-bond donors (Lipinski definition) is 2. The van der Waals surface area contributed by atoms with Crippen molar-refractivity contribution in [3.8, 4) is 6.07 Å².